The van der Waals surface area contributed by atoms with E-state index in [1.165, 1.54) is 32.1 Å². The van der Waals surface area contributed by atoms with E-state index in [0.29, 0.717) is 13.0 Å². The van der Waals surface area contributed by atoms with Crippen molar-refractivity contribution >= 4 is 11.9 Å². The van der Waals surface area contributed by atoms with Gasteiger partial charge in [0.15, 0.2) is 5.78 Å². The number of nitrogens with one attached hydrogen (secondary N) is 1. The van der Waals surface area contributed by atoms with Crippen LogP contribution < -0.4 is 5.32 Å². The van der Waals surface area contributed by atoms with Crippen LogP contribution in [0.4, 0.5) is 4.79 Å². The third kappa shape index (κ3) is 5.12. The van der Waals surface area contributed by atoms with Crippen molar-refractivity contribution in [3.8, 4) is 0 Å². The summed E-state index contributed by atoms with van der Waals surface area (Å²) in [6, 6.07) is -0.324. The molecule has 2 rings (SSSR count). The van der Waals surface area contributed by atoms with E-state index in [0.717, 1.165) is 25.4 Å². The molecule has 1 N–H and O–H groups in total. The number of carbonyl (C=O) groups excluding carboxylic acids is 2. The highest BCUT2D eigenvalue weighted by Gasteiger charge is 2.29. The average Bonchev–Trinajstić information content (AvgIpc) is 2.48. The molecule has 0 spiro atoms. The van der Waals surface area contributed by atoms with E-state index in [1.807, 2.05) is 0 Å². The molecule has 20 heavy (non-hydrogen) atoms. The molecule has 2 aliphatic rings. The number of alkyl carbamates (subject to hydrolysis) is 1. The number of ether oxygens (including phenoxy) is 2. The first kappa shape index (κ1) is 15.3. The molecule has 5 heteroatoms. The number of amides is 1. The van der Waals surface area contributed by atoms with Gasteiger partial charge in [0, 0.05) is 13.0 Å². The minimum Gasteiger partial charge on any atom is -0.447 e. The van der Waals surface area contributed by atoms with E-state index in [9.17, 15) is 9.59 Å². The maximum Gasteiger partial charge on any atom is 0.407 e. The van der Waals surface area contributed by atoms with Crippen LogP contribution in [0.2, 0.25) is 0 Å². The SMILES string of the molecule is O=C(N[C@H]1CCC1=O)OCCOCCC1CCCCC1. The van der Waals surface area contributed by atoms with Gasteiger partial charge in [-0.05, 0) is 18.8 Å². The van der Waals surface area contributed by atoms with E-state index in [2.05, 4.69) is 5.32 Å². The van der Waals surface area contributed by atoms with E-state index >= 15 is 0 Å². The van der Waals surface area contributed by atoms with Crippen LogP contribution in [-0.2, 0) is 14.3 Å². The van der Waals surface area contributed by atoms with Crippen molar-refractivity contribution in [2.75, 3.05) is 19.8 Å². The van der Waals surface area contributed by atoms with Gasteiger partial charge in [0.05, 0.1) is 12.6 Å². The molecule has 0 saturated heterocycles. The monoisotopic (exact) mass is 283 g/mol. The second kappa shape index (κ2) is 8.25. The number of rotatable bonds is 7. The Kier molecular flexibility index (Phi) is 6.30. The Hall–Kier alpha value is -1.10. The summed E-state index contributed by atoms with van der Waals surface area (Å²) in [5.41, 5.74) is 0. The lowest BCUT2D eigenvalue weighted by molar-refractivity contribution is -0.126. The summed E-state index contributed by atoms with van der Waals surface area (Å²) in [6.07, 6.45) is 8.64. The molecule has 114 valence electrons. The van der Waals surface area contributed by atoms with E-state index in [-0.39, 0.29) is 18.4 Å². The summed E-state index contributed by atoms with van der Waals surface area (Å²) in [5.74, 6) is 0.906. The molecule has 0 unspecified atom stereocenters. The van der Waals surface area contributed by atoms with Crippen LogP contribution in [0.15, 0.2) is 0 Å². The van der Waals surface area contributed by atoms with Gasteiger partial charge in [0.25, 0.3) is 0 Å². The molecule has 0 bridgehead atoms. The van der Waals surface area contributed by atoms with Gasteiger partial charge in [-0.25, -0.2) is 4.79 Å². The van der Waals surface area contributed by atoms with Crippen molar-refractivity contribution < 1.29 is 19.1 Å². The zero-order valence-corrected chi connectivity index (χ0v) is 12.1. The first-order valence-corrected chi connectivity index (χ1v) is 7.79. The van der Waals surface area contributed by atoms with Crippen LogP contribution in [0, 0.1) is 5.92 Å². The molecule has 2 fully saturated rings. The molecule has 0 aliphatic heterocycles. The summed E-state index contributed by atoms with van der Waals surface area (Å²) in [5, 5.41) is 2.54. The topological polar surface area (TPSA) is 64.6 Å². The first-order chi connectivity index (χ1) is 9.75. The smallest absolute Gasteiger partial charge is 0.407 e. The molecular formula is C15H25NO4. The Bertz CT molecular complexity index is 326. The van der Waals surface area contributed by atoms with E-state index in [1.54, 1.807) is 0 Å². The third-order valence-electron chi connectivity index (χ3n) is 4.22. The Morgan fingerprint density at radius 3 is 2.55 bits per heavy atom. The number of hydrogen-bond donors (Lipinski definition) is 1. The lowest BCUT2D eigenvalue weighted by Gasteiger charge is -2.24. The van der Waals surface area contributed by atoms with Gasteiger partial charge in [-0.2, -0.15) is 0 Å². The van der Waals surface area contributed by atoms with Crippen LogP contribution in [-0.4, -0.2) is 37.7 Å². The Morgan fingerprint density at radius 2 is 1.90 bits per heavy atom. The highest BCUT2D eigenvalue weighted by molar-refractivity contribution is 5.92. The normalized spacial score (nSPS) is 23.2. The van der Waals surface area contributed by atoms with Gasteiger partial charge < -0.3 is 14.8 Å². The zero-order valence-electron chi connectivity index (χ0n) is 12.1. The molecule has 0 aromatic heterocycles. The minimum atomic E-state index is -0.515. The van der Waals surface area contributed by atoms with Crippen molar-refractivity contribution in [1.29, 1.82) is 0 Å². The first-order valence-electron chi connectivity index (χ1n) is 7.79. The fourth-order valence-electron chi connectivity index (χ4n) is 2.76. The summed E-state index contributed by atoms with van der Waals surface area (Å²) >= 11 is 0. The van der Waals surface area contributed by atoms with Crippen LogP contribution in [0.5, 0.6) is 0 Å². The number of Topliss-reactive ketones (excluding diaryl/α,β-unsaturated/α-hetero) is 1. The molecular weight excluding hydrogens is 258 g/mol. The Morgan fingerprint density at radius 1 is 1.10 bits per heavy atom. The minimum absolute atomic E-state index is 0.0886. The summed E-state index contributed by atoms with van der Waals surface area (Å²) in [7, 11) is 0. The van der Waals surface area contributed by atoms with Gasteiger partial charge in [-0.3, -0.25) is 4.79 Å². The lowest BCUT2D eigenvalue weighted by Crippen LogP contribution is -2.47. The van der Waals surface area contributed by atoms with Crippen LogP contribution >= 0.6 is 0 Å². The summed E-state index contributed by atoms with van der Waals surface area (Å²) in [4.78, 5) is 22.4. The second-order valence-corrected chi connectivity index (χ2v) is 5.74. The van der Waals surface area contributed by atoms with Crippen molar-refractivity contribution in [3.63, 3.8) is 0 Å². The maximum atomic E-state index is 11.3. The van der Waals surface area contributed by atoms with Crippen molar-refractivity contribution in [2.24, 2.45) is 5.92 Å². The van der Waals surface area contributed by atoms with Crippen molar-refractivity contribution in [2.45, 2.75) is 57.4 Å². The van der Waals surface area contributed by atoms with Gasteiger partial charge in [0.1, 0.15) is 6.61 Å². The highest BCUT2D eigenvalue weighted by Crippen LogP contribution is 2.25. The standard InChI is InChI=1S/C15H25NO4/c17-14-7-6-13(14)16-15(18)20-11-10-19-9-8-12-4-2-1-3-5-12/h12-13H,1-11H2,(H,16,18)/t13-/m0/s1. The molecule has 1 atom stereocenters. The van der Waals surface area contributed by atoms with E-state index in [4.69, 9.17) is 9.47 Å². The third-order valence-corrected chi connectivity index (χ3v) is 4.22. The maximum absolute atomic E-state index is 11.3. The highest BCUT2D eigenvalue weighted by atomic mass is 16.6. The molecule has 2 aliphatic carbocycles. The molecule has 0 aromatic carbocycles. The van der Waals surface area contributed by atoms with Gasteiger partial charge in [-0.1, -0.05) is 32.1 Å². The molecule has 1 amide bonds. The van der Waals surface area contributed by atoms with Gasteiger partial charge >= 0.3 is 6.09 Å². The fourth-order valence-corrected chi connectivity index (χ4v) is 2.76. The number of ketones is 1. The lowest BCUT2D eigenvalue weighted by atomic mass is 9.87. The average molecular weight is 283 g/mol. The van der Waals surface area contributed by atoms with Crippen LogP contribution in [0.3, 0.4) is 0 Å². The second-order valence-electron chi connectivity index (χ2n) is 5.74. The quantitative estimate of drug-likeness (QED) is 0.729. The van der Waals surface area contributed by atoms with Gasteiger partial charge in [-0.15, -0.1) is 0 Å². The molecule has 0 radical (unpaired) electrons. The molecule has 0 heterocycles. The Balaban J connectivity index is 1.41. The summed E-state index contributed by atoms with van der Waals surface area (Å²) < 4.78 is 10.4. The van der Waals surface area contributed by atoms with Crippen molar-refractivity contribution in [1.82, 2.24) is 5.32 Å². The number of hydrogen-bond acceptors (Lipinski definition) is 4. The predicted molar refractivity (Wildman–Crippen MR) is 74.5 cm³/mol. The van der Waals surface area contributed by atoms with Crippen LogP contribution in [0.25, 0.3) is 0 Å². The number of carbonyl (C=O) groups is 2. The fraction of sp³-hybridized carbons (Fsp3) is 0.867. The molecule has 0 aromatic rings. The molecule has 2 saturated carbocycles. The van der Waals surface area contributed by atoms with Crippen LogP contribution in [0.1, 0.15) is 51.4 Å². The van der Waals surface area contributed by atoms with Gasteiger partial charge in [0.2, 0.25) is 0 Å². The van der Waals surface area contributed by atoms with Crippen molar-refractivity contribution in [3.05, 3.63) is 0 Å². The van der Waals surface area contributed by atoms with E-state index < -0.39 is 6.09 Å². The predicted octanol–water partition coefficient (Wildman–Crippen LogP) is 2.43. The Labute approximate surface area is 120 Å². The zero-order chi connectivity index (χ0) is 14.2. The molecule has 5 nitrogen and oxygen atoms in total. The largest absolute Gasteiger partial charge is 0.447 e. The summed E-state index contributed by atoms with van der Waals surface area (Å²) in [6.45, 7) is 1.42.